The van der Waals surface area contributed by atoms with Crippen LogP contribution in [-0.2, 0) is 6.42 Å². The summed E-state index contributed by atoms with van der Waals surface area (Å²) in [6, 6.07) is 2.00. The Balaban J connectivity index is 1.43. The summed E-state index contributed by atoms with van der Waals surface area (Å²) in [6.07, 6.45) is 3.43. The van der Waals surface area contributed by atoms with Crippen molar-refractivity contribution in [3.8, 4) is 0 Å². The lowest BCUT2D eigenvalue weighted by Gasteiger charge is -2.32. The molecule has 0 bridgehead atoms. The van der Waals surface area contributed by atoms with E-state index in [0.717, 1.165) is 24.5 Å². The summed E-state index contributed by atoms with van der Waals surface area (Å²) in [4.78, 5) is 27.6. The zero-order valence-corrected chi connectivity index (χ0v) is 16.4. The number of nitrogens with one attached hydrogen (secondary N) is 1. The zero-order chi connectivity index (χ0) is 19.7. The number of aromatic nitrogens is 4. The molecule has 2 fully saturated rings. The number of hydrogen-bond acceptors (Lipinski definition) is 7. The molecule has 2 saturated heterocycles. The molecule has 0 aliphatic carbocycles. The van der Waals surface area contributed by atoms with Gasteiger partial charge in [0.25, 0.3) is 5.91 Å². The number of carbonyl (C=O) groups excluding carboxylic acids is 1. The Kier molecular flexibility index (Phi) is 5.27. The molecule has 2 aromatic rings. The van der Waals surface area contributed by atoms with Crippen molar-refractivity contribution in [3.05, 3.63) is 35.5 Å². The molecule has 0 spiro atoms. The fraction of sp³-hybridized carbons (Fsp3) is 0.579. The van der Waals surface area contributed by atoms with Gasteiger partial charge in [0.1, 0.15) is 11.5 Å². The van der Waals surface area contributed by atoms with Crippen LogP contribution in [0, 0.1) is 12.8 Å². The van der Waals surface area contributed by atoms with Gasteiger partial charge in [0.15, 0.2) is 0 Å². The standard InChI is InChI=1S/C19H27N7O2/c1-13-7-15(23-22-13)8-14-11-26(12-17(14)27)18-10-20-9-16(21-18)19(28)25-5-3-24(2)4-6-25/h7,9-10,14,17,27H,3-6,8,11-12H2,1-2H3,(H,22,23)/t14-,17+/m1/s1. The highest BCUT2D eigenvalue weighted by molar-refractivity contribution is 5.92. The predicted molar refractivity (Wildman–Crippen MR) is 104 cm³/mol. The minimum Gasteiger partial charge on any atom is -0.391 e. The summed E-state index contributed by atoms with van der Waals surface area (Å²) in [7, 11) is 2.06. The van der Waals surface area contributed by atoms with Crippen LogP contribution in [0.15, 0.2) is 18.5 Å². The quantitative estimate of drug-likeness (QED) is 0.760. The third kappa shape index (κ3) is 4.00. The monoisotopic (exact) mass is 385 g/mol. The molecule has 9 heteroatoms. The number of nitrogens with zero attached hydrogens (tertiary/aromatic N) is 6. The van der Waals surface area contributed by atoms with Gasteiger partial charge in [-0.15, -0.1) is 0 Å². The molecule has 9 nitrogen and oxygen atoms in total. The van der Waals surface area contributed by atoms with Crippen molar-refractivity contribution >= 4 is 11.7 Å². The van der Waals surface area contributed by atoms with E-state index in [9.17, 15) is 9.90 Å². The van der Waals surface area contributed by atoms with E-state index in [2.05, 4.69) is 32.1 Å². The third-order valence-electron chi connectivity index (χ3n) is 5.59. The summed E-state index contributed by atoms with van der Waals surface area (Å²) < 4.78 is 0. The first kappa shape index (κ1) is 18.8. The van der Waals surface area contributed by atoms with Crippen molar-refractivity contribution in [1.82, 2.24) is 30.0 Å². The first-order valence-corrected chi connectivity index (χ1v) is 9.73. The number of anilines is 1. The number of aliphatic hydroxyl groups is 1. The molecule has 2 aromatic heterocycles. The molecule has 2 atom stereocenters. The van der Waals surface area contributed by atoms with Crippen molar-refractivity contribution in [3.63, 3.8) is 0 Å². The molecule has 28 heavy (non-hydrogen) atoms. The Morgan fingerprint density at radius 2 is 2.04 bits per heavy atom. The number of amides is 1. The van der Waals surface area contributed by atoms with E-state index in [0.29, 0.717) is 44.1 Å². The SMILES string of the molecule is Cc1cc(C[C@@H]2CN(c3cncc(C(=O)N4CCN(C)CC4)n3)C[C@@H]2O)n[nH]1. The fourth-order valence-corrected chi connectivity index (χ4v) is 3.87. The van der Waals surface area contributed by atoms with E-state index in [4.69, 9.17) is 0 Å². The number of β-amino-alcohol motifs (C(OH)–C–C–N with tert-alkyl or cyclic N) is 1. The van der Waals surface area contributed by atoms with Gasteiger partial charge in [0.05, 0.1) is 24.2 Å². The number of aliphatic hydroxyl groups excluding tert-OH is 1. The summed E-state index contributed by atoms with van der Waals surface area (Å²) in [5, 5.41) is 17.7. The zero-order valence-electron chi connectivity index (χ0n) is 16.4. The maximum absolute atomic E-state index is 12.8. The highest BCUT2D eigenvalue weighted by atomic mass is 16.3. The molecule has 2 aliphatic rings. The van der Waals surface area contributed by atoms with Crippen LogP contribution < -0.4 is 4.90 Å². The normalized spacial score (nSPS) is 23.4. The topological polar surface area (TPSA) is 101 Å². The Bertz CT molecular complexity index is 831. The van der Waals surface area contributed by atoms with Crippen LogP contribution in [0.3, 0.4) is 0 Å². The smallest absolute Gasteiger partial charge is 0.274 e. The van der Waals surface area contributed by atoms with Crippen molar-refractivity contribution in [2.24, 2.45) is 5.92 Å². The Morgan fingerprint density at radius 3 is 2.75 bits per heavy atom. The van der Waals surface area contributed by atoms with Gasteiger partial charge in [-0.25, -0.2) is 4.98 Å². The number of aromatic amines is 1. The van der Waals surface area contributed by atoms with E-state index in [-0.39, 0.29) is 11.8 Å². The number of H-pyrrole nitrogens is 1. The molecule has 2 aliphatic heterocycles. The summed E-state index contributed by atoms with van der Waals surface area (Å²) >= 11 is 0. The summed E-state index contributed by atoms with van der Waals surface area (Å²) in [5.74, 6) is 0.631. The van der Waals surface area contributed by atoms with Gasteiger partial charge in [-0.2, -0.15) is 5.10 Å². The lowest BCUT2D eigenvalue weighted by Crippen LogP contribution is -2.47. The number of carbonyl (C=O) groups is 1. The van der Waals surface area contributed by atoms with Crippen LogP contribution in [0.25, 0.3) is 0 Å². The first-order chi connectivity index (χ1) is 13.5. The van der Waals surface area contributed by atoms with Gasteiger partial charge in [-0.1, -0.05) is 0 Å². The van der Waals surface area contributed by atoms with E-state index in [1.165, 1.54) is 6.20 Å². The van der Waals surface area contributed by atoms with E-state index >= 15 is 0 Å². The third-order valence-corrected chi connectivity index (χ3v) is 5.59. The van der Waals surface area contributed by atoms with E-state index in [1.807, 2.05) is 22.8 Å². The van der Waals surface area contributed by atoms with E-state index in [1.54, 1.807) is 6.20 Å². The second-order valence-electron chi connectivity index (χ2n) is 7.84. The van der Waals surface area contributed by atoms with Crippen molar-refractivity contribution < 1.29 is 9.90 Å². The van der Waals surface area contributed by atoms with Crippen LogP contribution in [0.4, 0.5) is 5.82 Å². The number of rotatable bonds is 4. The Hall–Kier alpha value is -2.52. The lowest BCUT2D eigenvalue weighted by molar-refractivity contribution is 0.0658. The number of piperazine rings is 1. The molecular formula is C19H27N7O2. The molecule has 4 heterocycles. The highest BCUT2D eigenvalue weighted by Gasteiger charge is 2.33. The van der Waals surface area contributed by atoms with Gasteiger partial charge >= 0.3 is 0 Å². The molecule has 150 valence electrons. The molecule has 0 radical (unpaired) electrons. The maximum atomic E-state index is 12.8. The van der Waals surface area contributed by atoms with Gasteiger partial charge < -0.3 is 19.8 Å². The van der Waals surface area contributed by atoms with Gasteiger partial charge in [-0.3, -0.25) is 14.9 Å². The van der Waals surface area contributed by atoms with Crippen molar-refractivity contribution in [1.29, 1.82) is 0 Å². The molecule has 0 aromatic carbocycles. The summed E-state index contributed by atoms with van der Waals surface area (Å²) in [5.41, 5.74) is 2.33. The Labute approximate surface area is 164 Å². The molecule has 0 unspecified atom stereocenters. The lowest BCUT2D eigenvalue weighted by atomic mass is 10.0. The van der Waals surface area contributed by atoms with Gasteiger partial charge in [-0.05, 0) is 26.5 Å². The largest absolute Gasteiger partial charge is 0.391 e. The fourth-order valence-electron chi connectivity index (χ4n) is 3.87. The number of likely N-dealkylation sites (N-methyl/N-ethyl adjacent to an activating group) is 1. The minimum absolute atomic E-state index is 0.0708. The second-order valence-corrected chi connectivity index (χ2v) is 7.84. The first-order valence-electron chi connectivity index (χ1n) is 9.73. The number of aryl methyl sites for hydroxylation is 1. The molecule has 1 amide bonds. The average molecular weight is 385 g/mol. The molecule has 2 N–H and O–H groups in total. The van der Waals surface area contributed by atoms with E-state index < -0.39 is 6.10 Å². The minimum atomic E-state index is -0.462. The summed E-state index contributed by atoms with van der Waals surface area (Å²) in [6.45, 7) is 6.25. The highest BCUT2D eigenvalue weighted by Crippen LogP contribution is 2.25. The molecule has 4 rings (SSSR count). The molecule has 0 saturated carbocycles. The van der Waals surface area contributed by atoms with Crippen LogP contribution in [0.5, 0.6) is 0 Å². The van der Waals surface area contributed by atoms with Gasteiger partial charge in [0, 0.05) is 50.9 Å². The average Bonchev–Trinajstić information content (AvgIpc) is 3.28. The van der Waals surface area contributed by atoms with Crippen LogP contribution in [0.2, 0.25) is 0 Å². The van der Waals surface area contributed by atoms with Crippen molar-refractivity contribution in [2.45, 2.75) is 19.4 Å². The van der Waals surface area contributed by atoms with Crippen LogP contribution in [-0.4, -0.2) is 93.4 Å². The van der Waals surface area contributed by atoms with Gasteiger partial charge in [0.2, 0.25) is 0 Å². The second kappa shape index (κ2) is 7.84. The maximum Gasteiger partial charge on any atom is 0.274 e. The van der Waals surface area contributed by atoms with Crippen LogP contribution >= 0.6 is 0 Å². The van der Waals surface area contributed by atoms with Crippen LogP contribution in [0.1, 0.15) is 21.9 Å². The van der Waals surface area contributed by atoms with Crippen molar-refractivity contribution in [2.75, 3.05) is 51.2 Å². The number of hydrogen-bond donors (Lipinski definition) is 2. The Morgan fingerprint density at radius 1 is 1.25 bits per heavy atom. The predicted octanol–water partition coefficient (Wildman–Crippen LogP) is -0.0645. The molecular weight excluding hydrogens is 358 g/mol.